The first kappa shape index (κ1) is 15.9. The fraction of sp³-hybridized carbons (Fsp3) is 0.471. The van der Waals surface area contributed by atoms with Crippen LogP contribution in [0.1, 0.15) is 30.6 Å². The number of nitrogens with one attached hydrogen (secondary N) is 1. The van der Waals surface area contributed by atoms with Crippen LogP contribution >= 0.6 is 12.2 Å². The summed E-state index contributed by atoms with van der Waals surface area (Å²) in [4.78, 5) is 29.9. The summed E-state index contributed by atoms with van der Waals surface area (Å²) in [6.07, 6.45) is 1.16. The topological polar surface area (TPSA) is 58.1 Å². The second-order valence-electron chi connectivity index (χ2n) is 6.71. The molecule has 1 fully saturated rings. The Hall–Kier alpha value is -1.95. The lowest BCUT2D eigenvalue weighted by Crippen LogP contribution is -2.42. The molecule has 23 heavy (non-hydrogen) atoms. The van der Waals surface area contributed by atoms with E-state index in [1.165, 1.54) is 4.57 Å². The van der Waals surface area contributed by atoms with Crippen molar-refractivity contribution >= 4 is 29.0 Å². The van der Waals surface area contributed by atoms with Gasteiger partial charge in [0.15, 0.2) is 4.77 Å². The SMILES string of the molecule is CC1CC(C)CN(C(=O)c2ccc3c(=O)n(C)c(=S)[nH]c3c2)C1. The zero-order valence-corrected chi connectivity index (χ0v) is 14.4. The first-order chi connectivity index (χ1) is 10.9. The van der Waals surface area contributed by atoms with Crippen molar-refractivity contribution in [2.45, 2.75) is 20.3 Å². The minimum Gasteiger partial charge on any atom is -0.338 e. The van der Waals surface area contributed by atoms with Gasteiger partial charge >= 0.3 is 0 Å². The maximum Gasteiger partial charge on any atom is 0.261 e. The normalized spacial score (nSPS) is 21.6. The van der Waals surface area contributed by atoms with Crippen molar-refractivity contribution in [3.05, 3.63) is 38.9 Å². The Balaban J connectivity index is 2.00. The molecule has 0 radical (unpaired) electrons. The lowest BCUT2D eigenvalue weighted by atomic mass is 9.91. The predicted molar refractivity (Wildman–Crippen MR) is 93.2 cm³/mol. The molecule has 0 aliphatic carbocycles. The molecule has 2 atom stereocenters. The number of fused-ring (bicyclic) bond motifs is 1. The highest BCUT2D eigenvalue weighted by Gasteiger charge is 2.26. The summed E-state index contributed by atoms with van der Waals surface area (Å²) in [5.41, 5.74) is 1.06. The highest BCUT2D eigenvalue weighted by Crippen LogP contribution is 2.23. The molecule has 0 saturated carbocycles. The van der Waals surface area contributed by atoms with Crippen LogP contribution in [0.25, 0.3) is 10.9 Å². The van der Waals surface area contributed by atoms with E-state index in [9.17, 15) is 9.59 Å². The van der Waals surface area contributed by atoms with Crippen LogP contribution in [-0.4, -0.2) is 33.4 Å². The van der Waals surface area contributed by atoms with Crippen molar-refractivity contribution in [2.24, 2.45) is 18.9 Å². The molecule has 2 aromatic rings. The van der Waals surface area contributed by atoms with Gasteiger partial charge in [-0.15, -0.1) is 0 Å². The number of aromatic nitrogens is 2. The molecule has 1 N–H and O–H groups in total. The van der Waals surface area contributed by atoms with Crippen molar-refractivity contribution in [2.75, 3.05) is 13.1 Å². The number of nitrogens with zero attached hydrogens (tertiary/aromatic N) is 2. The van der Waals surface area contributed by atoms with E-state index >= 15 is 0 Å². The second kappa shape index (κ2) is 5.92. The quantitative estimate of drug-likeness (QED) is 0.818. The zero-order chi connectivity index (χ0) is 16.7. The Bertz CT molecular complexity index is 874. The molecule has 0 bridgehead atoms. The third-order valence-electron chi connectivity index (χ3n) is 4.50. The highest BCUT2D eigenvalue weighted by molar-refractivity contribution is 7.71. The van der Waals surface area contributed by atoms with Crippen molar-refractivity contribution in [3.63, 3.8) is 0 Å². The lowest BCUT2D eigenvalue weighted by molar-refractivity contribution is 0.0623. The van der Waals surface area contributed by atoms with Gasteiger partial charge in [0.1, 0.15) is 0 Å². The molecular weight excluding hydrogens is 310 g/mol. The third kappa shape index (κ3) is 2.95. The number of carbonyl (C=O) groups excluding carboxylic acids is 1. The first-order valence-corrected chi connectivity index (χ1v) is 8.30. The minimum atomic E-state index is -0.150. The van der Waals surface area contributed by atoms with Gasteiger partial charge in [0.2, 0.25) is 0 Å². The molecule has 1 aliphatic rings. The largest absolute Gasteiger partial charge is 0.338 e. The molecule has 5 nitrogen and oxygen atoms in total. The van der Waals surface area contributed by atoms with Crippen LogP contribution in [0.15, 0.2) is 23.0 Å². The Labute approximate surface area is 139 Å². The van der Waals surface area contributed by atoms with Crippen LogP contribution in [0.3, 0.4) is 0 Å². The molecule has 2 heterocycles. The van der Waals surface area contributed by atoms with Crippen LogP contribution in [0.4, 0.5) is 0 Å². The van der Waals surface area contributed by atoms with E-state index in [1.54, 1.807) is 25.2 Å². The fourth-order valence-electron chi connectivity index (χ4n) is 3.45. The summed E-state index contributed by atoms with van der Waals surface area (Å²) >= 11 is 5.15. The van der Waals surface area contributed by atoms with E-state index in [0.717, 1.165) is 19.5 Å². The number of hydrogen-bond donors (Lipinski definition) is 1. The number of rotatable bonds is 1. The summed E-state index contributed by atoms with van der Waals surface area (Å²) in [6.45, 7) is 5.93. The van der Waals surface area contributed by atoms with Crippen LogP contribution < -0.4 is 5.56 Å². The van der Waals surface area contributed by atoms with Gasteiger partial charge in [0.05, 0.1) is 10.9 Å². The molecule has 6 heteroatoms. The van der Waals surface area contributed by atoms with E-state index in [4.69, 9.17) is 12.2 Å². The average Bonchev–Trinajstić information content (AvgIpc) is 2.50. The predicted octanol–water partition coefficient (Wildman–Crippen LogP) is 2.71. The van der Waals surface area contributed by atoms with E-state index in [2.05, 4.69) is 18.8 Å². The van der Waals surface area contributed by atoms with Crippen LogP contribution in [0.5, 0.6) is 0 Å². The average molecular weight is 331 g/mol. The van der Waals surface area contributed by atoms with Gasteiger partial charge in [0.25, 0.3) is 11.5 Å². The van der Waals surface area contributed by atoms with Crippen LogP contribution in [0, 0.1) is 16.6 Å². The van der Waals surface area contributed by atoms with E-state index in [-0.39, 0.29) is 11.5 Å². The smallest absolute Gasteiger partial charge is 0.261 e. The standard InChI is InChI=1S/C17H21N3O2S/c1-10-6-11(2)9-20(8-10)15(21)12-4-5-13-14(7-12)18-17(23)19(3)16(13)22/h4-5,7,10-11H,6,8-9H2,1-3H3,(H,18,23). The molecular formula is C17H21N3O2S. The highest BCUT2D eigenvalue weighted by atomic mass is 32.1. The summed E-state index contributed by atoms with van der Waals surface area (Å²) in [5, 5.41) is 0.540. The monoisotopic (exact) mass is 331 g/mol. The molecule has 0 spiro atoms. The van der Waals surface area contributed by atoms with Gasteiger partial charge in [-0.1, -0.05) is 13.8 Å². The molecule has 1 saturated heterocycles. The molecule has 1 aromatic heterocycles. The summed E-state index contributed by atoms with van der Waals surface area (Å²) in [7, 11) is 1.64. The Morgan fingerprint density at radius 3 is 2.57 bits per heavy atom. The van der Waals surface area contributed by atoms with Gasteiger partial charge in [-0.25, -0.2) is 0 Å². The van der Waals surface area contributed by atoms with Crippen molar-refractivity contribution in [1.82, 2.24) is 14.5 Å². The Morgan fingerprint density at radius 1 is 1.26 bits per heavy atom. The minimum absolute atomic E-state index is 0.0188. The number of hydrogen-bond acceptors (Lipinski definition) is 3. The van der Waals surface area contributed by atoms with Gasteiger partial charge < -0.3 is 9.88 Å². The van der Waals surface area contributed by atoms with Crippen LogP contribution in [-0.2, 0) is 7.05 Å². The van der Waals surface area contributed by atoms with Crippen molar-refractivity contribution in [1.29, 1.82) is 0 Å². The molecule has 1 aromatic carbocycles. The third-order valence-corrected chi connectivity index (χ3v) is 4.88. The van der Waals surface area contributed by atoms with Gasteiger partial charge in [-0.3, -0.25) is 14.2 Å². The fourth-order valence-corrected chi connectivity index (χ4v) is 3.64. The Morgan fingerprint density at radius 2 is 1.91 bits per heavy atom. The zero-order valence-electron chi connectivity index (χ0n) is 13.6. The number of piperidine rings is 1. The van der Waals surface area contributed by atoms with Gasteiger partial charge in [-0.05, 0) is 48.7 Å². The molecule has 1 aliphatic heterocycles. The molecule has 122 valence electrons. The number of H-pyrrole nitrogens is 1. The van der Waals surface area contributed by atoms with Gasteiger partial charge in [-0.2, -0.15) is 0 Å². The first-order valence-electron chi connectivity index (χ1n) is 7.89. The second-order valence-corrected chi connectivity index (χ2v) is 7.10. The summed E-state index contributed by atoms with van der Waals surface area (Å²) in [5.74, 6) is 1.05. The summed E-state index contributed by atoms with van der Waals surface area (Å²) in [6, 6.07) is 5.17. The molecule has 3 rings (SSSR count). The number of carbonyl (C=O) groups is 1. The maximum absolute atomic E-state index is 12.8. The number of likely N-dealkylation sites (tertiary alicyclic amines) is 1. The maximum atomic E-state index is 12.8. The molecule has 2 unspecified atom stereocenters. The van der Waals surface area contributed by atoms with E-state index in [1.807, 2.05) is 4.90 Å². The lowest BCUT2D eigenvalue weighted by Gasteiger charge is -2.35. The number of benzene rings is 1. The molecule has 1 amide bonds. The van der Waals surface area contributed by atoms with E-state index in [0.29, 0.717) is 33.1 Å². The number of amides is 1. The van der Waals surface area contributed by atoms with Crippen LogP contribution in [0.2, 0.25) is 0 Å². The van der Waals surface area contributed by atoms with E-state index < -0.39 is 0 Å². The number of aromatic amines is 1. The van der Waals surface area contributed by atoms with Gasteiger partial charge in [0, 0.05) is 25.7 Å². The Kier molecular flexibility index (Phi) is 4.10. The van der Waals surface area contributed by atoms with Crippen molar-refractivity contribution in [3.8, 4) is 0 Å². The summed E-state index contributed by atoms with van der Waals surface area (Å²) < 4.78 is 1.75. The van der Waals surface area contributed by atoms with Crippen molar-refractivity contribution < 1.29 is 4.79 Å².